The van der Waals surface area contributed by atoms with E-state index in [1.54, 1.807) is 0 Å². The predicted molar refractivity (Wildman–Crippen MR) is 78.5 cm³/mol. The molecular weight excluding hydrogens is 304 g/mol. The number of carbonyl (C=O) groups excluding carboxylic acids is 4. The summed E-state index contributed by atoms with van der Waals surface area (Å²) >= 11 is 0. The van der Waals surface area contributed by atoms with Gasteiger partial charge in [-0.15, -0.1) is 0 Å². The van der Waals surface area contributed by atoms with Crippen molar-refractivity contribution in [3.8, 4) is 0 Å². The van der Waals surface area contributed by atoms with Crippen LogP contribution < -0.4 is 22.1 Å². The lowest BCUT2D eigenvalue weighted by Crippen LogP contribution is -2.46. The maximum Gasteiger partial charge on any atom is 0.240 e. The van der Waals surface area contributed by atoms with Crippen LogP contribution in [0.2, 0.25) is 0 Å². The van der Waals surface area contributed by atoms with Gasteiger partial charge in [-0.05, 0) is 0 Å². The Morgan fingerprint density at radius 1 is 0.850 bits per heavy atom. The van der Waals surface area contributed by atoms with Crippen molar-refractivity contribution < 1.29 is 19.2 Å². The lowest BCUT2D eigenvalue weighted by atomic mass is 10.3. The number of primary amides is 2. The fraction of sp³-hybridized carbons (Fsp3) is 0.600. The molecule has 4 amide bonds. The molecule has 0 unspecified atom stereocenters. The van der Waals surface area contributed by atoms with Crippen molar-refractivity contribution >= 4 is 45.2 Å². The van der Waals surface area contributed by atoms with Crippen LogP contribution in [0.5, 0.6) is 0 Å². The zero-order valence-electron chi connectivity index (χ0n) is 11.2. The Bertz CT molecular complexity index is 355. The molecule has 0 radical (unpaired) electrons. The normalized spacial score (nSPS) is 13.1. The summed E-state index contributed by atoms with van der Waals surface area (Å²) in [5.41, 5.74) is 10.3. The van der Waals surface area contributed by atoms with E-state index in [1.165, 1.54) is 35.4 Å². The van der Waals surface area contributed by atoms with Crippen LogP contribution in [0.15, 0.2) is 0 Å². The Balaban J connectivity index is 4.13. The number of nitrogens with one attached hydrogen (secondary N) is 2. The summed E-state index contributed by atoms with van der Waals surface area (Å²) in [4.78, 5) is 43.9. The quantitative estimate of drug-likeness (QED) is 0.295. The summed E-state index contributed by atoms with van der Waals surface area (Å²) in [6.07, 6.45) is 0. The summed E-state index contributed by atoms with van der Waals surface area (Å²) in [6.45, 7) is 2.57. The standard InChI is InChI=1S/C10H18N4O4S2/c1-5(15)13-7(9(11)17)3-19-20-4-8(10(12)18)14-6(2)16/h7-8H,3-4H2,1-2H3,(H2,11,17)(H2,12,18)(H,13,15)(H,14,16)/t7-,8+. The fourth-order valence-corrected chi connectivity index (χ4v) is 3.47. The molecule has 8 nitrogen and oxygen atoms in total. The van der Waals surface area contributed by atoms with E-state index in [2.05, 4.69) is 10.6 Å². The molecule has 6 N–H and O–H groups in total. The Morgan fingerprint density at radius 3 is 1.35 bits per heavy atom. The smallest absolute Gasteiger partial charge is 0.240 e. The Labute approximate surface area is 124 Å². The van der Waals surface area contributed by atoms with Gasteiger partial charge in [-0.2, -0.15) is 0 Å². The summed E-state index contributed by atoms with van der Waals surface area (Å²) < 4.78 is 0. The number of rotatable bonds is 9. The SMILES string of the molecule is CC(=O)N[C@@H](CSSC[C@@H](NC(C)=O)C(N)=O)C(N)=O. The highest BCUT2D eigenvalue weighted by atomic mass is 33.1. The molecule has 0 aliphatic carbocycles. The van der Waals surface area contributed by atoms with Crippen LogP contribution in [0.1, 0.15) is 13.8 Å². The molecule has 0 spiro atoms. The summed E-state index contributed by atoms with van der Waals surface area (Å²) in [5, 5.41) is 4.83. The minimum Gasteiger partial charge on any atom is -0.368 e. The molecule has 0 heterocycles. The van der Waals surface area contributed by atoms with E-state index in [0.29, 0.717) is 0 Å². The molecule has 0 saturated carbocycles. The van der Waals surface area contributed by atoms with Gasteiger partial charge in [0, 0.05) is 25.4 Å². The molecule has 0 aromatic carbocycles. The van der Waals surface area contributed by atoms with Gasteiger partial charge in [0.2, 0.25) is 23.6 Å². The van der Waals surface area contributed by atoms with Gasteiger partial charge in [-0.25, -0.2) is 0 Å². The molecule has 0 aliphatic rings. The number of hydrogen-bond acceptors (Lipinski definition) is 6. The van der Waals surface area contributed by atoms with Crippen LogP contribution in [0.3, 0.4) is 0 Å². The predicted octanol–water partition coefficient (Wildman–Crippen LogP) is -1.65. The van der Waals surface area contributed by atoms with Crippen molar-refractivity contribution in [2.24, 2.45) is 11.5 Å². The van der Waals surface area contributed by atoms with Crippen molar-refractivity contribution in [1.82, 2.24) is 10.6 Å². The van der Waals surface area contributed by atoms with Crippen molar-refractivity contribution in [1.29, 1.82) is 0 Å². The molecule has 0 aromatic heterocycles. The van der Waals surface area contributed by atoms with E-state index < -0.39 is 23.9 Å². The van der Waals surface area contributed by atoms with Gasteiger partial charge in [0.15, 0.2) is 0 Å². The van der Waals surface area contributed by atoms with Crippen LogP contribution in [-0.2, 0) is 19.2 Å². The third kappa shape index (κ3) is 8.64. The molecule has 0 aromatic rings. The van der Waals surface area contributed by atoms with Crippen LogP contribution in [0.25, 0.3) is 0 Å². The number of hydrogen-bond donors (Lipinski definition) is 4. The maximum absolute atomic E-state index is 11.1. The fourth-order valence-electron chi connectivity index (χ4n) is 1.11. The Kier molecular flexibility index (Phi) is 8.81. The number of nitrogens with two attached hydrogens (primary N) is 2. The highest BCUT2D eigenvalue weighted by Gasteiger charge is 2.19. The average Bonchev–Trinajstić information content (AvgIpc) is 2.29. The molecule has 0 bridgehead atoms. The van der Waals surface area contributed by atoms with Crippen LogP contribution >= 0.6 is 21.6 Å². The minimum atomic E-state index is -0.780. The van der Waals surface area contributed by atoms with E-state index in [4.69, 9.17) is 11.5 Å². The molecule has 20 heavy (non-hydrogen) atoms. The van der Waals surface area contributed by atoms with E-state index >= 15 is 0 Å². The first-order valence-corrected chi connectivity index (χ1v) is 8.10. The molecule has 2 atom stereocenters. The third-order valence-corrected chi connectivity index (χ3v) is 4.42. The number of amides is 4. The van der Waals surface area contributed by atoms with Crippen LogP contribution in [-0.4, -0.2) is 47.2 Å². The first-order valence-electron chi connectivity index (χ1n) is 5.61. The zero-order chi connectivity index (χ0) is 15.7. The zero-order valence-corrected chi connectivity index (χ0v) is 12.8. The topological polar surface area (TPSA) is 144 Å². The second kappa shape index (κ2) is 9.48. The average molecular weight is 322 g/mol. The third-order valence-electron chi connectivity index (χ3n) is 1.99. The number of carbonyl (C=O) groups is 4. The minimum absolute atomic E-state index is 0.255. The van der Waals surface area contributed by atoms with E-state index in [-0.39, 0.29) is 23.3 Å². The van der Waals surface area contributed by atoms with Gasteiger partial charge in [-0.3, -0.25) is 19.2 Å². The summed E-state index contributed by atoms with van der Waals surface area (Å²) in [6, 6.07) is -1.56. The first-order chi connectivity index (χ1) is 9.23. The maximum atomic E-state index is 11.1. The highest BCUT2D eigenvalue weighted by molar-refractivity contribution is 8.76. The second-order valence-electron chi connectivity index (χ2n) is 3.88. The van der Waals surface area contributed by atoms with Gasteiger partial charge in [0.1, 0.15) is 12.1 Å². The van der Waals surface area contributed by atoms with Crippen molar-refractivity contribution in [2.75, 3.05) is 11.5 Å². The monoisotopic (exact) mass is 322 g/mol. The van der Waals surface area contributed by atoms with E-state index in [9.17, 15) is 19.2 Å². The van der Waals surface area contributed by atoms with Crippen molar-refractivity contribution in [3.05, 3.63) is 0 Å². The largest absolute Gasteiger partial charge is 0.368 e. The highest BCUT2D eigenvalue weighted by Crippen LogP contribution is 2.22. The lowest BCUT2D eigenvalue weighted by Gasteiger charge is -2.15. The van der Waals surface area contributed by atoms with Crippen LogP contribution in [0, 0.1) is 0 Å². The Morgan fingerprint density at radius 2 is 1.15 bits per heavy atom. The van der Waals surface area contributed by atoms with Crippen molar-refractivity contribution in [3.63, 3.8) is 0 Å². The van der Waals surface area contributed by atoms with Gasteiger partial charge in [-0.1, -0.05) is 21.6 Å². The molecule has 114 valence electrons. The van der Waals surface area contributed by atoms with Gasteiger partial charge >= 0.3 is 0 Å². The Hall–Kier alpha value is -1.42. The molecule has 0 fully saturated rings. The van der Waals surface area contributed by atoms with Crippen LogP contribution in [0.4, 0.5) is 0 Å². The first kappa shape index (κ1) is 18.6. The van der Waals surface area contributed by atoms with E-state index in [1.807, 2.05) is 0 Å². The molecule has 10 heteroatoms. The molecule has 0 saturated heterocycles. The molecule has 0 aliphatic heterocycles. The molecular formula is C10H18N4O4S2. The van der Waals surface area contributed by atoms with Gasteiger partial charge in [0.05, 0.1) is 0 Å². The summed E-state index contributed by atoms with van der Waals surface area (Å²) in [5.74, 6) is -1.47. The van der Waals surface area contributed by atoms with Gasteiger partial charge < -0.3 is 22.1 Å². The lowest BCUT2D eigenvalue weighted by molar-refractivity contribution is -0.125. The van der Waals surface area contributed by atoms with Gasteiger partial charge in [0.25, 0.3) is 0 Å². The molecule has 0 rings (SSSR count). The summed E-state index contributed by atoms with van der Waals surface area (Å²) in [7, 11) is 2.49. The van der Waals surface area contributed by atoms with Crippen molar-refractivity contribution in [2.45, 2.75) is 25.9 Å². The van der Waals surface area contributed by atoms with E-state index in [0.717, 1.165) is 0 Å². The second-order valence-corrected chi connectivity index (χ2v) is 6.43.